The minimum absolute atomic E-state index is 0.0392. The third-order valence-electron chi connectivity index (χ3n) is 4.02. The summed E-state index contributed by atoms with van der Waals surface area (Å²) in [6.07, 6.45) is 0. The number of amides is 1. The highest BCUT2D eigenvalue weighted by atomic mass is 32.2. The molecule has 0 bridgehead atoms. The average Bonchev–Trinajstić information content (AvgIpc) is 2.63. The number of rotatable bonds is 5. The van der Waals surface area contributed by atoms with E-state index in [4.69, 9.17) is 5.73 Å². The van der Waals surface area contributed by atoms with Crippen molar-refractivity contribution in [3.63, 3.8) is 0 Å². The van der Waals surface area contributed by atoms with Gasteiger partial charge in [-0.15, -0.1) is 0 Å². The smallest absolute Gasteiger partial charge is 0.259 e. The summed E-state index contributed by atoms with van der Waals surface area (Å²) < 4.78 is 27.2. The van der Waals surface area contributed by atoms with Gasteiger partial charge in [0.2, 0.25) is 10.0 Å². The number of carbonyl (C=O) groups is 1. The van der Waals surface area contributed by atoms with Crippen LogP contribution >= 0.6 is 0 Å². The summed E-state index contributed by atoms with van der Waals surface area (Å²) in [5, 5.41) is 14.3. The van der Waals surface area contributed by atoms with Gasteiger partial charge in [-0.3, -0.25) is 4.79 Å². The number of hydrogen-bond donors (Lipinski definition) is 4. The van der Waals surface area contributed by atoms with Gasteiger partial charge in [0.25, 0.3) is 5.91 Å². The summed E-state index contributed by atoms with van der Waals surface area (Å²) in [7, 11) is -3.84. The third-order valence-corrected chi connectivity index (χ3v) is 5.61. The number of benzene rings is 3. The second-order valence-corrected chi connectivity index (χ2v) is 7.63. The molecule has 8 heteroatoms. The SMILES string of the molecule is CCNS(=O)(=O)c1cc(N)ccc1NC(=O)c1ccc2ccccc2c1O. The largest absolute Gasteiger partial charge is 0.506 e. The van der Waals surface area contributed by atoms with Crippen LogP contribution in [0.3, 0.4) is 0 Å². The Morgan fingerprint density at radius 2 is 1.85 bits per heavy atom. The summed E-state index contributed by atoms with van der Waals surface area (Å²) in [6.45, 7) is 1.84. The van der Waals surface area contributed by atoms with Crippen LogP contribution in [0.15, 0.2) is 59.5 Å². The van der Waals surface area contributed by atoms with Crippen molar-refractivity contribution in [3.8, 4) is 5.75 Å². The molecule has 0 aromatic heterocycles. The maximum atomic E-state index is 12.7. The molecule has 0 saturated carbocycles. The second kappa shape index (κ2) is 7.26. The molecular formula is C19H19N3O4S. The fraction of sp³-hybridized carbons (Fsp3) is 0.105. The molecule has 5 N–H and O–H groups in total. The number of nitrogens with two attached hydrogens (primary N) is 1. The third kappa shape index (κ3) is 3.71. The Balaban J connectivity index is 2.01. The summed E-state index contributed by atoms with van der Waals surface area (Å²) in [5.74, 6) is -0.798. The van der Waals surface area contributed by atoms with E-state index in [1.165, 1.54) is 24.3 Å². The van der Waals surface area contributed by atoms with E-state index in [0.29, 0.717) is 5.39 Å². The molecule has 0 radical (unpaired) electrons. The number of hydrogen-bond acceptors (Lipinski definition) is 5. The van der Waals surface area contributed by atoms with Gasteiger partial charge in [-0.25, -0.2) is 13.1 Å². The number of sulfonamides is 1. The quantitative estimate of drug-likeness (QED) is 0.503. The topological polar surface area (TPSA) is 122 Å². The molecule has 0 fully saturated rings. The zero-order valence-corrected chi connectivity index (χ0v) is 15.4. The normalized spacial score (nSPS) is 11.4. The number of phenols is 1. The van der Waals surface area contributed by atoms with Crippen LogP contribution in [0, 0.1) is 0 Å². The second-order valence-electron chi connectivity index (χ2n) is 5.89. The van der Waals surface area contributed by atoms with E-state index in [1.54, 1.807) is 25.1 Å². The maximum Gasteiger partial charge on any atom is 0.259 e. The molecule has 27 heavy (non-hydrogen) atoms. The van der Waals surface area contributed by atoms with Crippen molar-refractivity contribution < 1.29 is 18.3 Å². The first-order valence-corrected chi connectivity index (χ1v) is 9.73. The monoisotopic (exact) mass is 385 g/mol. The Kier molecular flexibility index (Phi) is 5.02. The highest BCUT2D eigenvalue weighted by Gasteiger charge is 2.21. The molecule has 0 heterocycles. The van der Waals surface area contributed by atoms with Crippen molar-refractivity contribution in [3.05, 3.63) is 60.2 Å². The zero-order chi connectivity index (χ0) is 19.6. The van der Waals surface area contributed by atoms with Crippen molar-refractivity contribution in [1.29, 1.82) is 0 Å². The molecule has 1 amide bonds. The fourth-order valence-corrected chi connectivity index (χ4v) is 4.00. The van der Waals surface area contributed by atoms with Gasteiger partial charge >= 0.3 is 0 Å². The maximum absolute atomic E-state index is 12.7. The fourth-order valence-electron chi connectivity index (χ4n) is 2.76. The number of aromatic hydroxyl groups is 1. The van der Waals surface area contributed by atoms with Crippen molar-refractivity contribution >= 4 is 38.1 Å². The van der Waals surface area contributed by atoms with Gasteiger partial charge in [0.15, 0.2) is 0 Å². The molecule has 0 aliphatic heterocycles. The van der Waals surface area contributed by atoms with Crippen LogP contribution in [0.5, 0.6) is 5.75 Å². The van der Waals surface area contributed by atoms with Crippen LogP contribution in [-0.4, -0.2) is 26.0 Å². The number of fused-ring (bicyclic) bond motifs is 1. The lowest BCUT2D eigenvalue weighted by molar-refractivity contribution is 0.102. The predicted octanol–water partition coefficient (Wildman–Crippen LogP) is 2.68. The van der Waals surface area contributed by atoms with Crippen LogP contribution < -0.4 is 15.8 Å². The number of anilines is 2. The van der Waals surface area contributed by atoms with Gasteiger partial charge in [-0.05, 0) is 29.7 Å². The van der Waals surface area contributed by atoms with E-state index in [2.05, 4.69) is 10.0 Å². The lowest BCUT2D eigenvalue weighted by Gasteiger charge is -2.14. The summed E-state index contributed by atoms with van der Waals surface area (Å²) >= 11 is 0. The van der Waals surface area contributed by atoms with Gasteiger partial charge in [-0.1, -0.05) is 37.3 Å². The van der Waals surface area contributed by atoms with E-state index in [0.717, 1.165) is 5.39 Å². The van der Waals surface area contributed by atoms with E-state index in [-0.39, 0.29) is 34.1 Å². The van der Waals surface area contributed by atoms with Crippen LogP contribution in [0.4, 0.5) is 11.4 Å². The van der Waals surface area contributed by atoms with Gasteiger partial charge in [0, 0.05) is 17.6 Å². The van der Waals surface area contributed by atoms with E-state index in [9.17, 15) is 18.3 Å². The molecule has 7 nitrogen and oxygen atoms in total. The van der Waals surface area contributed by atoms with Gasteiger partial charge in [0.05, 0.1) is 11.3 Å². The number of phenolic OH excluding ortho intramolecular Hbond substituents is 1. The molecule has 3 aromatic rings. The van der Waals surface area contributed by atoms with E-state index < -0.39 is 15.9 Å². The molecule has 3 aromatic carbocycles. The Morgan fingerprint density at radius 1 is 1.11 bits per heavy atom. The van der Waals surface area contributed by atoms with Crippen molar-refractivity contribution in [2.45, 2.75) is 11.8 Å². The van der Waals surface area contributed by atoms with Crippen LogP contribution in [0.25, 0.3) is 10.8 Å². The molecule has 0 saturated heterocycles. The Bertz CT molecular complexity index is 1130. The van der Waals surface area contributed by atoms with Gasteiger partial charge in [0.1, 0.15) is 10.6 Å². The molecule has 140 valence electrons. The highest BCUT2D eigenvalue weighted by Crippen LogP contribution is 2.30. The predicted molar refractivity (Wildman–Crippen MR) is 105 cm³/mol. The Hall–Kier alpha value is -3.10. The van der Waals surface area contributed by atoms with E-state index >= 15 is 0 Å². The van der Waals surface area contributed by atoms with Gasteiger partial charge in [-0.2, -0.15) is 0 Å². The van der Waals surface area contributed by atoms with Gasteiger partial charge < -0.3 is 16.2 Å². The van der Waals surface area contributed by atoms with Crippen molar-refractivity contribution in [1.82, 2.24) is 4.72 Å². The van der Waals surface area contributed by atoms with Crippen molar-refractivity contribution in [2.75, 3.05) is 17.6 Å². The van der Waals surface area contributed by atoms with Crippen LogP contribution in [0.2, 0.25) is 0 Å². The summed E-state index contributed by atoms with van der Waals surface area (Å²) in [4.78, 5) is 12.5. The molecular weight excluding hydrogens is 366 g/mol. The molecule has 0 unspecified atom stereocenters. The zero-order valence-electron chi connectivity index (χ0n) is 14.6. The lowest BCUT2D eigenvalue weighted by atomic mass is 10.0. The highest BCUT2D eigenvalue weighted by molar-refractivity contribution is 7.89. The summed E-state index contributed by atoms with van der Waals surface area (Å²) in [5.41, 5.74) is 6.06. The number of carbonyl (C=O) groups excluding carboxylic acids is 1. The number of nitrogens with one attached hydrogen (secondary N) is 2. The summed E-state index contributed by atoms with van der Waals surface area (Å²) in [6, 6.07) is 14.5. The first kappa shape index (κ1) is 18.7. The van der Waals surface area contributed by atoms with Crippen LogP contribution in [0.1, 0.15) is 17.3 Å². The average molecular weight is 385 g/mol. The Labute approximate surface area is 156 Å². The minimum Gasteiger partial charge on any atom is -0.506 e. The van der Waals surface area contributed by atoms with Crippen molar-refractivity contribution in [2.24, 2.45) is 0 Å². The molecule has 0 spiro atoms. The first-order chi connectivity index (χ1) is 12.8. The lowest BCUT2D eigenvalue weighted by Crippen LogP contribution is -2.25. The van der Waals surface area contributed by atoms with Crippen LogP contribution in [-0.2, 0) is 10.0 Å². The first-order valence-electron chi connectivity index (χ1n) is 8.24. The standard InChI is InChI=1S/C19H19N3O4S/c1-2-21-27(25,26)17-11-13(20)8-10-16(17)22-19(24)15-9-7-12-5-3-4-6-14(12)18(15)23/h3-11,21,23H,2,20H2,1H3,(H,22,24). The molecule has 0 aliphatic rings. The number of nitrogen functional groups attached to an aromatic ring is 1. The Morgan fingerprint density at radius 3 is 2.59 bits per heavy atom. The molecule has 0 atom stereocenters. The molecule has 3 rings (SSSR count). The molecule has 0 aliphatic carbocycles. The minimum atomic E-state index is -3.84. The van der Waals surface area contributed by atoms with E-state index in [1.807, 2.05) is 12.1 Å².